The Labute approximate surface area is 110 Å². The second-order valence-electron chi connectivity index (χ2n) is 1.58. The van der Waals surface area contributed by atoms with Crippen LogP contribution < -0.4 is 5.73 Å². The van der Waals surface area contributed by atoms with Gasteiger partial charge in [-0.15, -0.1) is 0 Å². The van der Waals surface area contributed by atoms with Gasteiger partial charge >= 0.3 is 0 Å². The van der Waals surface area contributed by atoms with Gasteiger partial charge in [0.25, 0.3) is 0 Å². The number of halogens is 6. The minimum absolute atomic E-state index is 0.0625. The molecule has 1 atom stereocenters. The quantitative estimate of drug-likeness (QED) is 0.401. The smallest absolute Gasteiger partial charge is 0.150 e. The predicted molar refractivity (Wildman–Crippen MR) is 67.0 cm³/mol. The standard InChI is InChI=1S/C3H3Br6N/c4-1(2(5,6)7)3(8,9)10/h1H,10H2. The van der Waals surface area contributed by atoms with E-state index in [-0.39, 0.29) is 4.83 Å². The summed E-state index contributed by atoms with van der Waals surface area (Å²) in [6.45, 7) is 0. The molecule has 7 heteroatoms. The molecular weight excluding hydrogens is 529 g/mol. The van der Waals surface area contributed by atoms with Gasteiger partial charge in [-0.05, 0) is 0 Å². The molecule has 0 aliphatic heterocycles. The average Bonchev–Trinajstić information content (AvgIpc) is 1.59. The molecule has 0 saturated heterocycles. The molecule has 0 fully saturated rings. The highest BCUT2D eigenvalue weighted by molar-refractivity contribution is 9.40. The number of hydrogen-bond donors (Lipinski definition) is 1. The Bertz CT molecular complexity index is 97.1. The fourth-order valence-corrected chi connectivity index (χ4v) is 3.83. The minimum atomic E-state index is -0.656. The van der Waals surface area contributed by atoms with Crippen molar-refractivity contribution in [3.8, 4) is 0 Å². The van der Waals surface area contributed by atoms with Gasteiger partial charge in [-0.25, -0.2) is 0 Å². The molecule has 1 unspecified atom stereocenters. The summed E-state index contributed by atoms with van der Waals surface area (Å²) in [6.07, 6.45) is 0. The molecule has 2 N–H and O–H groups in total. The molecule has 0 heterocycles. The topological polar surface area (TPSA) is 26.0 Å². The molecule has 0 aliphatic rings. The molecule has 10 heavy (non-hydrogen) atoms. The van der Waals surface area contributed by atoms with Crippen LogP contribution >= 0.6 is 95.6 Å². The summed E-state index contributed by atoms with van der Waals surface area (Å²) >= 11 is 19.8. The summed E-state index contributed by atoms with van der Waals surface area (Å²) in [5.74, 6) is 0. The van der Waals surface area contributed by atoms with E-state index in [9.17, 15) is 0 Å². The zero-order valence-electron chi connectivity index (χ0n) is 4.42. The van der Waals surface area contributed by atoms with Gasteiger partial charge in [0, 0.05) is 0 Å². The first-order valence-electron chi connectivity index (χ1n) is 2.03. The van der Waals surface area contributed by atoms with Gasteiger partial charge in [0.1, 0.15) is 3.36 Å². The van der Waals surface area contributed by atoms with Gasteiger partial charge in [-0.3, -0.25) is 0 Å². The Kier molecular flexibility index (Phi) is 5.61. The normalized spacial score (nSPS) is 17.1. The molecule has 1 nitrogen and oxygen atoms in total. The van der Waals surface area contributed by atoms with Crippen LogP contribution in [0.2, 0.25) is 0 Å². The Morgan fingerprint density at radius 3 is 1.30 bits per heavy atom. The van der Waals surface area contributed by atoms with E-state index in [4.69, 9.17) is 5.73 Å². The van der Waals surface area contributed by atoms with Crippen LogP contribution in [0.15, 0.2) is 0 Å². The number of nitrogens with two attached hydrogens (primary N) is 1. The van der Waals surface area contributed by atoms with E-state index in [2.05, 4.69) is 95.6 Å². The molecule has 0 aromatic rings. The van der Waals surface area contributed by atoms with Gasteiger partial charge < -0.3 is 5.73 Å². The van der Waals surface area contributed by atoms with Gasteiger partial charge in [0.05, 0.1) is 4.83 Å². The number of rotatable bonds is 1. The second-order valence-corrected chi connectivity index (χ2v) is 13.1. The lowest BCUT2D eigenvalue weighted by Crippen LogP contribution is -2.42. The zero-order chi connectivity index (χ0) is 8.58. The molecule has 0 spiro atoms. The van der Waals surface area contributed by atoms with Crippen LogP contribution in [0, 0.1) is 0 Å². The SMILES string of the molecule is NC(Br)(Br)C(Br)C(Br)(Br)Br. The van der Waals surface area contributed by atoms with Crippen LogP contribution in [-0.2, 0) is 0 Å². The fraction of sp³-hybridized carbons (Fsp3) is 1.00. The molecule has 0 radical (unpaired) electrons. The van der Waals surface area contributed by atoms with Gasteiger partial charge in [-0.2, -0.15) is 0 Å². The summed E-state index contributed by atoms with van der Waals surface area (Å²) in [7, 11) is 0. The lowest BCUT2D eigenvalue weighted by Gasteiger charge is -2.28. The maximum absolute atomic E-state index is 5.66. The first-order valence-corrected chi connectivity index (χ1v) is 6.91. The van der Waals surface area contributed by atoms with Gasteiger partial charge in [-0.1, -0.05) is 95.6 Å². The van der Waals surface area contributed by atoms with Crippen molar-refractivity contribution in [3.63, 3.8) is 0 Å². The Hall–Kier alpha value is 2.84. The van der Waals surface area contributed by atoms with E-state index in [1.165, 1.54) is 0 Å². The van der Waals surface area contributed by atoms with Crippen molar-refractivity contribution in [2.75, 3.05) is 0 Å². The van der Waals surface area contributed by atoms with Crippen molar-refractivity contribution in [1.82, 2.24) is 0 Å². The molecule has 0 bridgehead atoms. The Morgan fingerprint density at radius 1 is 1.00 bits per heavy atom. The number of hydrogen-bond acceptors (Lipinski definition) is 1. The maximum atomic E-state index is 5.66. The van der Waals surface area contributed by atoms with Crippen LogP contribution in [0.4, 0.5) is 0 Å². The van der Waals surface area contributed by atoms with E-state index in [0.29, 0.717) is 0 Å². The third-order valence-corrected chi connectivity index (χ3v) is 7.40. The highest BCUT2D eigenvalue weighted by atomic mass is 80.0. The lowest BCUT2D eigenvalue weighted by molar-refractivity contribution is 0.855. The Morgan fingerprint density at radius 2 is 1.30 bits per heavy atom. The van der Waals surface area contributed by atoms with Crippen LogP contribution in [0.3, 0.4) is 0 Å². The fourth-order valence-electron chi connectivity index (χ4n) is 0.218. The predicted octanol–water partition coefficient (Wildman–Crippen LogP) is 3.99. The van der Waals surface area contributed by atoms with Crippen molar-refractivity contribution >= 4 is 95.6 Å². The molecule has 0 rings (SSSR count). The van der Waals surface area contributed by atoms with Gasteiger partial charge in [0.15, 0.2) is 2.14 Å². The molecule has 0 aromatic heterocycles. The van der Waals surface area contributed by atoms with Crippen molar-refractivity contribution in [2.45, 2.75) is 10.3 Å². The van der Waals surface area contributed by atoms with E-state index in [1.54, 1.807) is 0 Å². The second kappa shape index (κ2) is 4.37. The molecule has 0 aliphatic carbocycles. The van der Waals surface area contributed by atoms with Crippen molar-refractivity contribution < 1.29 is 0 Å². The van der Waals surface area contributed by atoms with E-state index in [0.717, 1.165) is 0 Å². The first-order chi connectivity index (χ1) is 4.15. The third kappa shape index (κ3) is 4.77. The largest absolute Gasteiger partial charge is 0.306 e. The lowest BCUT2D eigenvalue weighted by atomic mass is 10.5. The summed E-state index contributed by atoms with van der Waals surface area (Å²) in [4.78, 5) is -0.0625. The number of alkyl halides is 6. The van der Waals surface area contributed by atoms with Crippen molar-refractivity contribution in [2.24, 2.45) is 5.73 Å². The molecule has 0 saturated carbocycles. The highest BCUT2D eigenvalue weighted by Gasteiger charge is 2.40. The van der Waals surface area contributed by atoms with Crippen LogP contribution in [0.5, 0.6) is 0 Å². The van der Waals surface area contributed by atoms with E-state index < -0.39 is 5.50 Å². The molecule has 0 aromatic carbocycles. The van der Waals surface area contributed by atoms with Crippen molar-refractivity contribution in [1.29, 1.82) is 0 Å². The average molecular weight is 532 g/mol. The van der Waals surface area contributed by atoms with Gasteiger partial charge in [0.2, 0.25) is 0 Å². The molecule has 62 valence electrons. The maximum Gasteiger partial charge on any atom is 0.150 e. The zero-order valence-corrected chi connectivity index (χ0v) is 13.9. The monoisotopic (exact) mass is 527 g/mol. The molecule has 0 amide bonds. The highest BCUT2D eigenvalue weighted by Crippen LogP contribution is 2.48. The van der Waals surface area contributed by atoms with Crippen molar-refractivity contribution in [3.05, 3.63) is 0 Å². The summed E-state index contributed by atoms with van der Waals surface area (Å²) < 4.78 is -1.08. The first kappa shape index (κ1) is 12.8. The van der Waals surface area contributed by atoms with E-state index >= 15 is 0 Å². The third-order valence-electron chi connectivity index (χ3n) is 0.625. The summed E-state index contributed by atoms with van der Waals surface area (Å²) in [5, 5.41) is 0. The summed E-state index contributed by atoms with van der Waals surface area (Å²) in [5.41, 5.74) is 5.66. The Balaban J connectivity index is 4.23. The van der Waals surface area contributed by atoms with Crippen LogP contribution in [0.1, 0.15) is 0 Å². The molecular formula is C3H3Br6N. The van der Waals surface area contributed by atoms with Crippen LogP contribution in [-0.4, -0.2) is 10.3 Å². The summed E-state index contributed by atoms with van der Waals surface area (Å²) in [6, 6.07) is 0. The van der Waals surface area contributed by atoms with E-state index in [1.807, 2.05) is 0 Å². The van der Waals surface area contributed by atoms with Crippen LogP contribution in [0.25, 0.3) is 0 Å². The minimum Gasteiger partial charge on any atom is -0.306 e.